The molecule has 0 unspecified atom stereocenters. The number of ether oxygens (including phenoxy) is 1. The summed E-state index contributed by atoms with van der Waals surface area (Å²) in [5, 5.41) is 8.89. The van der Waals surface area contributed by atoms with Gasteiger partial charge in [-0.15, -0.1) is 0 Å². The van der Waals surface area contributed by atoms with E-state index in [9.17, 15) is 18.4 Å². The third-order valence-corrected chi connectivity index (χ3v) is 3.95. The quantitative estimate of drug-likeness (QED) is 0.505. The third-order valence-electron chi connectivity index (χ3n) is 3.62. The van der Waals surface area contributed by atoms with Gasteiger partial charge in [0.15, 0.2) is 0 Å². The molecule has 27 heavy (non-hydrogen) atoms. The molecule has 0 atom stereocenters. The second-order valence-electron chi connectivity index (χ2n) is 5.62. The molecule has 142 valence electrons. The van der Waals surface area contributed by atoms with E-state index in [4.69, 9.17) is 16.3 Å². The van der Waals surface area contributed by atoms with Crippen LogP contribution < -0.4 is 4.74 Å². The number of nitrogens with zero attached hydrogens (tertiary/aromatic N) is 4. The van der Waals surface area contributed by atoms with E-state index in [1.165, 1.54) is 12.1 Å². The lowest BCUT2D eigenvalue weighted by molar-refractivity contribution is -0.137. The Morgan fingerprint density at radius 1 is 1.37 bits per heavy atom. The molecule has 9 heteroatoms. The van der Waals surface area contributed by atoms with Crippen LogP contribution in [0.3, 0.4) is 0 Å². The van der Waals surface area contributed by atoms with Crippen LogP contribution in [-0.4, -0.2) is 29.8 Å². The minimum Gasteiger partial charge on any atom is -0.438 e. The second kappa shape index (κ2) is 8.27. The normalized spacial score (nSPS) is 11.5. The van der Waals surface area contributed by atoms with E-state index in [1.54, 1.807) is 13.3 Å². The number of aromatic nitrogens is 1. The Hall–Kier alpha value is -2.79. The number of nitriles is 1. The van der Waals surface area contributed by atoms with Crippen molar-refractivity contribution in [2.45, 2.75) is 20.0 Å². The molecule has 0 saturated carbocycles. The van der Waals surface area contributed by atoms with E-state index in [0.29, 0.717) is 11.4 Å². The fraction of sp³-hybridized carbons (Fsp3) is 0.278. The zero-order valence-corrected chi connectivity index (χ0v) is 15.6. The molecule has 2 rings (SSSR count). The Morgan fingerprint density at radius 3 is 2.67 bits per heavy atom. The highest BCUT2D eigenvalue weighted by atomic mass is 35.5. The number of hydrogen-bond acceptors (Lipinski definition) is 4. The van der Waals surface area contributed by atoms with E-state index >= 15 is 0 Å². The average molecular weight is 397 g/mol. The molecule has 2 aromatic rings. The monoisotopic (exact) mass is 396 g/mol. The first-order chi connectivity index (χ1) is 12.7. The molecule has 0 spiro atoms. The number of benzene rings is 1. The maximum Gasteiger partial charge on any atom is 0.417 e. The van der Waals surface area contributed by atoms with E-state index in [-0.39, 0.29) is 17.2 Å². The molecule has 1 heterocycles. The van der Waals surface area contributed by atoms with Gasteiger partial charge in [-0.3, -0.25) is 0 Å². The highest BCUT2D eigenvalue weighted by Crippen LogP contribution is 2.38. The first-order valence-electron chi connectivity index (χ1n) is 7.86. The molecule has 0 N–H and O–H groups in total. The molecule has 5 nitrogen and oxygen atoms in total. The van der Waals surface area contributed by atoms with Crippen molar-refractivity contribution in [3.8, 4) is 17.7 Å². The highest BCUT2D eigenvalue weighted by molar-refractivity contribution is 6.31. The lowest BCUT2D eigenvalue weighted by Crippen LogP contribution is -2.14. The fourth-order valence-electron chi connectivity index (χ4n) is 2.00. The number of aliphatic imine (C=N–C) groups is 1. The van der Waals surface area contributed by atoms with Crippen LogP contribution >= 0.6 is 11.6 Å². The minimum absolute atomic E-state index is 0.0513. The maximum absolute atomic E-state index is 13.0. The Bertz CT molecular complexity index is 907. The second-order valence-corrected chi connectivity index (χ2v) is 6.02. The molecule has 0 saturated heterocycles. The molecule has 0 fully saturated rings. The Kier molecular flexibility index (Phi) is 6.28. The third kappa shape index (κ3) is 5.11. The maximum atomic E-state index is 13.0. The number of pyridine rings is 1. The van der Waals surface area contributed by atoms with E-state index in [0.717, 1.165) is 18.7 Å². The summed E-state index contributed by atoms with van der Waals surface area (Å²) in [5.74, 6) is -0.231. The molecular weight excluding hydrogens is 381 g/mol. The highest BCUT2D eigenvalue weighted by Gasteiger charge is 2.33. The molecular formula is C18H16ClF3N4O. The summed E-state index contributed by atoms with van der Waals surface area (Å²) in [7, 11) is 1.84. The summed E-state index contributed by atoms with van der Waals surface area (Å²) in [4.78, 5) is 10.3. The van der Waals surface area contributed by atoms with Crippen LogP contribution in [0.1, 0.15) is 23.7 Å². The van der Waals surface area contributed by atoms with Gasteiger partial charge in [-0.2, -0.15) is 18.4 Å². The lowest BCUT2D eigenvalue weighted by atomic mass is 10.2. The zero-order chi connectivity index (χ0) is 20.2. The first kappa shape index (κ1) is 20.5. The van der Waals surface area contributed by atoms with Crippen molar-refractivity contribution in [1.29, 1.82) is 5.26 Å². The number of aryl methyl sites for hydroxylation is 1. The smallest absolute Gasteiger partial charge is 0.417 e. The predicted molar refractivity (Wildman–Crippen MR) is 96.7 cm³/mol. The van der Waals surface area contributed by atoms with Crippen molar-refractivity contribution in [3.63, 3.8) is 0 Å². The Labute approximate surface area is 159 Å². The van der Waals surface area contributed by atoms with Crippen molar-refractivity contribution < 1.29 is 17.9 Å². The van der Waals surface area contributed by atoms with Crippen LogP contribution in [0.2, 0.25) is 5.02 Å². The fourth-order valence-corrected chi connectivity index (χ4v) is 2.23. The molecule has 0 aliphatic rings. The van der Waals surface area contributed by atoms with Crippen LogP contribution in [0, 0.1) is 18.3 Å². The number of halogens is 4. The molecule has 0 radical (unpaired) electrons. The van der Waals surface area contributed by atoms with Crippen LogP contribution in [0.5, 0.6) is 11.6 Å². The largest absolute Gasteiger partial charge is 0.438 e. The van der Waals surface area contributed by atoms with E-state index < -0.39 is 16.8 Å². The Morgan fingerprint density at radius 2 is 2.07 bits per heavy atom. The van der Waals surface area contributed by atoms with E-state index in [2.05, 4.69) is 9.98 Å². The van der Waals surface area contributed by atoms with Gasteiger partial charge < -0.3 is 9.64 Å². The summed E-state index contributed by atoms with van der Waals surface area (Å²) in [5.41, 5.74) is -0.0443. The number of alkyl halides is 3. The summed E-state index contributed by atoms with van der Waals surface area (Å²) >= 11 is 5.60. The first-order valence-corrected chi connectivity index (χ1v) is 8.24. The van der Waals surface area contributed by atoms with Gasteiger partial charge in [0.25, 0.3) is 0 Å². The van der Waals surface area contributed by atoms with Crippen molar-refractivity contribution >= 4 is 23.6 Å². The summed E-state index contributed by atoms with van der Waals surface area (Å²) in [6.45, 7) is 4.37. The SMILES string of the molecule is CCN(C)C=Nc1cc(C#N)c(Oc2ccc(Cl)c(C(F)(F)F)c2)nc1C. The standard InChI is InChI=1S/C18H16ClF3N4O/c1-4-26(3)10-24-16-7-12(9-23)17(25-11(16)2)27-13-5-6-15(19)14(8-13)18(20,21)22/h5-8,10H,4H2,1-3H3. The van der Waals surface area contributed by atoms with Gasteiger partial charge in [-0.25, -0.2) is 9.98 Å². The van der Waals surface area contributed by atoms with Crippen LogP contribution in [0.25, 0.3) is 0 Å². The molecule has 1 aromatic heterocycles. The van der Waals surface area contributed by atoms with Gasteiger partial charge in [0, 0.05) is 13.6 Å². The van der Waals surface area contributed by atoms with Gasteiger partial charge in [-0.05, 0) is 38.1 Å². The predicted octanol–water partition coefficient (Wildman–Crippen LogP) is 5.34. The lowest BCUT2D eigenvalue weighted by Gasteiger charge is -2.13. The molecule has 0 amide bonds. The zero-order valence-electron chi connectivity index (χ0n) is 14.8. The average Bonchev–Trinajstić information content (AvgIpc) is 2.61. The van der Waals surface area contributed by atoms with Crippen LogP contribution in [-0.2, 0) is 6.18 Å². The van der Waals surface area contributed by atoms with Gasteiger partial charge in [0.1, 0.15) is 17.4 Å². The van der Waals surface area contributed by atoms with Crippen molar-refractivity contribution in [2.24, 2.45) is 4.99 Å². The molecule has 0 aliphatic carbocycles. The summed E-state index contributed by atoms with van der Waals surface area (Å²) in [6, 6.07) is 6.51. The Balaban J connectivity index is 2.39. The van der Waals surface area contributed by atoms with Crippen LogP contribution in [0.15, 0.2) is 29.3 Å². The van der Waals surface area contributed by atoms with Gasteiger partial charge >= 0.3 is 6.18 Å². The summed E-state index contributed by atoms with van der Waals surface area (Å²) in [6.07, 6.45) is -3.03. The van der Waals surface area contributed by atoms with Crippen LogP contribution in [0.4, 0.5) is 18.9 Å². The number of rotatable bonds is 5. The minimum atomic E-state index is -4.62. The molecule has 1 aromatic carbocycles. The topological polar surface area (TPSA) is 61.5 Å². The van der Waals surface area contributed by atoms with Gasteiger partial charge in [0.2, 0.25) is 5.88 Å². The van der Waals surface area contributed by atoms with Crippen molar-refractivity contribution in [2.75, 3.05) is 13.6 Å². The number of hydrogen-bond donors (Lipinski definition) is 0. The van der Waals surface area contributed by atoms with Gasteiger partial charge in [-0.1, -0.05) is 11.6 Å². The molecule has 0 bridgehead atoms. The van der Waals surface area contributed by atoms with Crippen molar-refractivity contribution in [3.05, 3.63) is 46.1 Å². The van der Waals surface area contributed by atoms with Crippen molar-refractivity contribution in [1.82, 2.24) is 9.88 Å². The van der Waals surface area contributed by atoms with Gasteiger partial charge in [0.05, 0.1) is 28.3 Å². The summed E-state index contributed by atoms with van der Waals surface area (Å²) < 4.78 is 44.4. The van der Waals surface area contributed by atoms with E-state index in [1.807, 2.05) is 24.9 Å². The molecule has 0 aliphatic heterocycles.